The van der Waals surface area contributed by atoms with Crippen LogP contribution in [0, 0.1) is 0 Å². The quantitative estimate of drug-likeness (QED) is 0.709. The molecule has 0 aromatic heterocycles. The van der Waals surface area contributed by atoms with Crippen molar-refractivity contribution in [2.75, 3.05) is 26.3 Å². The Bertz CT molecular complexity index is 523. The molecule has 0 bridgehead atoms. The molecular formula is C17H26N2O5. The van der Waals surface area contributed by atoms with Crippen LogP contribution in [0.4, 0.5) is 4.79 Å². The second-order valence-corrected chi connectivity index (χ2v) is 5.97. The van der Waals surface area contributed by atoms with Crippen molar-refractivity contribution in [3.05, 3.63) is 24.3 Å². The van der Waals surface area contributed by atoms with Gasteiger partial charge in [0.1, 0.15) is 17.1 Å². The van der Waals surface area contributed by atoms with Crippen LogP contribution in [-0.2, 0) is 9.53 Å². The van der Waals surface area contributed by atoms with Gasteiger partial charge in [-0.2, -0.15) is 0 Å². The number of rotatable bonds is 8. The van der Waals surface area contributed by atoms with E-state index in [0.29, 0.717) is 18.9 Å². The first kappa shape index (κ1) is 19.6. The van der Waals surface area contributed by atoms with Crippen LogP contribution in [0.5, 0.6) is 11.5 Å². The molecule has 0 fully saturated rings. The highest BCUT2D eigenvalue weighted by Gasteiger charge is 2.15. The zero-order chi connectivity index (χ0) is 18.0. The van der Waals surface area contributed by atoms with Gasteiger partial charge >= 0.3 is 6.09 Å². The molecule has 0 saturated heterocycles. The van der Waals surface area contributed by atoms with Crippen LogP contribution < -0.4 is 20.1 Å². The average molecular weight is 338 g/mol. The molecule has 0 unspecified atom stereocenters. The minimum atomic E-state index is -0.543. The Morgan fingerprint density at radius 3 is 2.04 bits per heavy atom. The molecule has 0 spiro atoms. The third-order valence-electron chi connectivity index (χ3n) is 2.62. The zero-order valence-electron chi connectivity index (χ0n) is 14.7. The maximum atomic E-state index is 11.7. The lowest BCUT2D eigenvalue weighted by atomic mass is 10.2. The molecule has 0 saturated carbocycles. The first-order chi connectivity index (χ1) is 11.3. The van der Waals surface area contributed by atoms with Crippen LogP contribution in [0.25, 0.3) is 0 Å². The smallest absolute Gasteiger partial charge is 0.407 e. The van der Waals surface area contributed by atoms with Gasteiger partial charge in [-0.1, -0.05) is 0 Å². The van der Waals surface area contributed by atoms with Gasteiger partial charge in [-0.3, -0.25) is 4.79 Å². The maximum absolute atomic E-state index is 11.7. The van der Waals surface area contributed by atoms with Gasteiger partial charge in [0.25, 0.3) is 5.91 Å². The zero-order valence-corrected chi connectivity index (χ0v) is 14.7. The van der Waals surface area contributed by atoms with E-state index >= 15 is 0 Å². The van der Waals surface area contributed by atoms with E-state index in [1.54, 1.807) is 45.0 Å². The number of carbonyl (C=O) groups excluding carboxylic acids is 2. The van der Waals surface area contributed by atoms with Crippen LogP contribution in [0.3, 0.4) is 0 Å². The molecule has 2 N–H and O–H groups in total. The summed E-state index contributed by atoms with van der Waals surface area (Å²) >= 11 is 0. The van der Waals surface area contributed by atoms with Crippen LogP contribution in [0.15, 0.2) is 24.3 Å². The highest BCUT2D eigenvalue weighted by Crippen LogP contribution is 2.17. The Kier molecular flexibility index (Phi) is 7.88. The fraction of sp³-hybridized carbons (Fsp3) is 0.529. The van der Waals surface area contributed by atoms with E-state index in [9.17, 15) is 9.59 Å². The van der Waals surface area contributed by atoms with Gasteiger partial charge in [0, 0.05) is 13.1 Å². The summed E-state index contributed by atoms with van der Waals surface area (Å²) in [6.07, 6.45) is -0.512. The molecule has 1 aromatic rings. The summed E-state index contributed by atoms with van der Waals surface area (Å²) in [5.74, 6) is 1.07. The Balaban J connectivity index is 2.17. The van der Waals surface area contributed by atoms with Crippen molar-refractivity contribution in [2.45, 2.75) is 33.3 Å². The Hall–Kier alpha value is -2.44. The van der Waals surface area contributed by atoms with Crippen LogP contribution in [-0.4, -0.2) is 43.9 Å². The molecule has 7 nitrogen and oxygen atoms in total. The van der Waals surface area contributed by atoms with Gasteiger partial charge in [-0.25, -0.2) is 4.79 Å². The molecule has 1 rings (SSSR count). The lowest BCUT2D eigenvalue weighted by molar-refractivity contribution is -0.123. The third-order valence-corrected chi connectivity index (χ3v) is 2.62. The van der Waals surface area contributed by atoms with Crippen molar-refractivity contribution in [1.82, 2.24) is 10.6 Å². The SMILES string of the molecule is CCOc1ccc(OCC(=O)NCCNC(=O)OC(C)(C)C)cc1. The molecule has 2 amide bonds. The predicted molar refractivity (Wildman–Crippen MR) is 90.4 cm³/mol. The summed E-state index contributed by atoms with van der Waals surface area (Å²) < 4.78 is 15.8. The Morgan fingerprint density at radius 2 is 1.50 bits per heavy atom. The number of ether oxygens (including phenoxy) is 3. The van der Waals surface area contributed by atoms with Gasteiger partial charge in [0.15, 0.2) is 6.61 Å². The second kappa shape index (κ2) is 9.64. The molecular weight excluding hydrogens is 312 g/mol. The molecule has 0 radical (unpaired) electrons. The number of hydrogen-bond acceptors (Lipinski definition) is 5. The fourth-order valence-corrected chi connectivity index (χ4v) is 1.68. The number of benzene rings is 1. The van der Waals surface area contributed by atoms with Crippen LogP contribution >= 0.6 is 0 Å². The molecule has 1 aromatic carbocycles. The van der Waals surface area contributed by atoms with E-state index in [1.165, 1.54) is 0 Å². The number of carbonyl (C=O) groups is 2. The first-order valence-electron chi connectivity index (χ1n) is 7.89. The Labute approximate surface area is 142 Å². The van der Waals surface area contributed by atoms with Crippen molar-refractivity contribution in [2.24, 2.45) is 0 Å². The van der Waals surface area contributed by atoms with Gasteiger partial charge in [0.05, 0.1) is 6.61 Å². The fourth-order valence-electron chi connectivity index (χ4n) is 1.68. The van der Waals surface area contributed by atoms with Crippen molar-refractivity contribution in [3.8, 4) is 11.5 Å². The molecule has 0 atom stereocenters. The molecule has 0 heterocycles. The summed E-state index contributed by atoms with van der Waals surface area (Å²) in [4.78, 5) is 23.1. The van der Waals surface area contributed by atoms with E-state index in [-0.39, 0.29) is 19.1 Å². The normalized spacial score (nSPS) is 10.7. The minimum Gasteiger partial charge on any atom is -0.494 e. The molecule has 134 valence electrons. The molecule has 0 aliphatic heterocycles. The van der Waals surface area contributed by atoms with E-state index in [0.717, 1.165) is 5.75 Å². The monoisotopic (exact) mass is 338 g/mol. The lowest BCUT2D eigenvalue weighted by Gasteiger charge is -2.19. The largest absolute Gasteiger partial charge is 0.494 e. The standard InChI is InChI=1S/C17H26N2O5/c1-5-22-13-6-8-14(9-7-13)23-12-15(20)18-10-11-19-16(21)24-17(2,3)4/h6-9H,5,10-12H2,1-4H3,(H,18,20)(H,19,21). The molecule has 0 aliphatic carbocycles. The van der Waals surface area contributed by atoms with Crippen molar-refractivity contribution in [3.63, 3.8) is 0 Å². The summed E-state index contributed by atoms with van der Waals surface area (Å²) in [6, 6.07) is 7.04. The highest BCUT2D eigenvalue weighted by molar-refractivity contribution is 5.77. The van der Waals surface area contributed by atoms with Crippen molar-refractivity contribution >= 4 is 12.0 Å². The van der Waals surface area contributed by atoms with Crippen molar-refractivity contribution < 1.29 is 23.8 Å². The van der Waals surface area contributed by atoms with E-state index in [2.05, 4.69) is 10.6 Å². The molecule has 0 aliphatic rings. The number of hydrogen-bond donors (Lipinski definition) is 2. The third kappa shape index (κ3) is 8.87. The summed E-state index contributed by atoms with van der Waals surface area (Å²) in [5.41, 5.74) is -0.543. The van der Waals surface area contributed by atoms with E-state index in [4.69, 9.17) is 14.2 Å². The first-order valence-corrected chi connectivity index (χ1v) is 7.89. The molecule has 7 heteroatoms. The summed E-state index contributed by atoms with van der Waals surface area (Å²) in [7, 11) is 0. The maximum Gasteiger partial charge on any atom is 0.407 e. The topological polar surface area (TPSA) is 85.9 Å². The van der Waals surface area contributed by atoms with E-state index < -0.39 is 11.7 Å². The van der Waals surface area contributed by atoms with E-state index in [1.807, 2.05) is 6.92 Å². The van der Waals surface area contributed by atoms with Crippen LogP contribution in [0.1, 0.15) is 27.7 Å². The number of alkyl carbamates (subject to hydrolysis) is 1. The number of amides is 2. The predicted octanol–water partition coefficient (Wildman–Crippen LogP) is 2.10. The van der Waals surface area contributed by atoms with Gasteiger partial charge in [-0.05, 0) is 52.0 Å². The van der Waals surface area contributed by atoms with Crippen molar-refractivity contribution in [1.29, 1.82) is 0 Å². The summed E-state index contributed by atoms with van der Waals surface area (Å²) in [5, 5.41) is 5.20. The summed E-state index contributed by atoms with van der Waals surface area (Å²) in [6.45, 7) is 8.34. The van der Waals surface area contributed by atoms with Gasteiger partial charge < -0.3 is 24.8 Å². The lowest BCUT2D eigenvalue weighted by Crippen LogP contribution is -2.39. The van der Waals surface area contributed by atoms with Crippen LogP contribution in [0.2, 0.25) is 0 Å². The average Bonchev–Trinajstić information content (AvgIpc) is 2.49. The second-order valence-electron chi connectivity index (χ2n) is 5.97. The Morgan fingerprint density at radius 1 is 0.958 bits per heavy atom. The molecule has 24 heavy (non-hydrogen) atoms. The highest BCUT2D eigenvalue weighted by atomic mass is 16.6. The van der Waals surface area contributed by atoms with Gasteiger partial charge in [-0.15, -0.1) is 0 Å². The minimum absolute atomic E-state index is 0.0968. The number of nitrogens with one attached hydrogen (secondary N) is 2. The van der Waals surface area contributed by atoms with Gasteiger partial charge in [0.2, 0.25) is 0 Å².